The molecule has 2 aromatic heterocycles. The third kappa shape index (κ3) is 1.84. The Morgan fingerprint density at radius 1 is 1.15 bits per heavy atom. The molecule has 0 bridgehead atoms. The van der Waals surface area contributed by atoms with Gasteiger partial charge >= 0.3 is 0 Å². The smallest absolute Gasteiger partial charge is 0.258 e. The number of hydrogen-bond donors (Lipinski definition) is 1. The second-order valence-electron chi connectivity index (χ2n) is 4.69. The first-order chi connectivity index (χ1) is 9.90. The van der Waals surface area contributed by atoms with E-state index in [9.17, 15) is 0 Å². The molecule has 1 aliphatic rings. The Balaban J connectivity index is 1.72. The van der Waals surface area contributed by atoms with Crippen LogP contribution < -0.4 is 5.32 Å². The van der Waals surface area contributed by atoms with Crippen molar-refractivity contribution in [1.29, 1.82) is 0 Å². The quantitative estimate of drug-likeness (QED) is 0.771. The Morgan fingerprint density at radius 3 is 3.05 bits per heavy atom. The van der Waals surface area contributed by atoms with Crippen LogP contribution in [0.4, 0.5) is 5.69 Å². The van der Waals surface area contributed by atoms with Crippen molar-refractivity contribution in [3.8, 4) is 23.0 Å². The summed E-state index contributed by atoms with van der Waals surface area (Å²) in [6.45, 7) is 0.988. The Labute approximate surface area is 115 Å². The van der Waals surface area contributed by atoms with Crippen LogP contribution in [0.2, 0.25) is 0 Å². The average molecular weight is 264 g/mol. The van der Waals surface area contributed by atoms with Crippen LogP contribution >= 0.6 is 0 Å². The summed E-state index contributed by atoms with van der Waals surface area (Å²) in [5.74, 6) is 1.04. The molecule has 98 valence electrons. The largest absolute Gasteiger partial charge is 0.384 e. The third-order valence-electron chi connectivity index (χ3n) is 3.38. The fraction of sp³-hybridized carbons (Fsp3) is 0.133. The maximum atomic E-state index is 5.34. The summed E-state index contributed by atoms with van der Waals surface area (Å²) in [5.41, 5.74) is 4.14. The molecule has 1 aliphatic heterocycles. The fourth-order valence-electron chi connectivity index (χ4n) is 2.38. The Hall–Kier alpha value is -2.69. The lowest BCUT2D eigenvalue weighted by atomic mass is 10.1. The molecular weight excluding hydrogens is 252 g/mol. The molecule has 0 saturated heterocycles. The fourth-order valence-corrected chi connectivity index (χ4v) is 2.38. The van der Waals surface area contributed by atoms with E-state index in [1.807, 2.05) is 24.3 Å². The summed E-state index contributed by atoms with van der Waals surface area (Å²) >= 11 is 0. The van der Waals surface area contributed by atoms with E-state index >= 15 is 0 Å². The first-order valence-electron chi connectivity index (χ1n) is 6.52. The number of rotatable bonds is 2. The van der Waals surface area contributed by atoms with Gasteiger partial charge in [0.25, 0.3) is 5.89 Å². The highest BCUT2D eigenvalue weighted by molar-refractivity contribution is 5.66. The van der Waals surface area contributed by atoms with Crippen molar-refractivity contribution in [3.63, 3.8) is 0 Å². The van der Waals surface area contributed by atoms with Crippen LogP contribution in [-0.2, 0) is 6.42 Å². The second kappa shape index (κ2) is 4.45. The van der Waals surface area contributed by atoms with Crippen molar-refractivity contribution in [2.45, 2.75) is 6.42 Å². The Kier molecular flexibility index (Phi) is 2.48. The van der Waals surface area contributed by atoms with Crippen molar-refractivity contribution < 1.29 is 4.52 Å². The zero-order chi connectivity index (χ0) is 13.4. The summed E-state index contributed by atoms with van der Waals surface area (Å²) in [6.07, 6.45) is 2.75. The molecule has 0 spiro atoms. The second-order valence-corrected chi connectivity index (χ2v) is 4.69. The minimum Gasteiger partial charge on any atom is -0.384 e. The maximum Gasteiger partial charge on any atom is 0.258 e. The van der Waals surface area contributed by atoms with Crippen molar-refractivity contribution in [1.82, 2.24) is 15.1 Å². The molecule has 5 nitrogen and oxygen atoms in total. The van der Waals surface area contributed by atoms with Crippen molar-refractivity contribution >= 4 is 5.69 Å². The predicted octanol–water partition coefficient (Wildman–Crippen LogP) is 2.77. The average Bonchev–Trinajstić information content (AvgIpc) is 3.16. The number of fused-ring (bicyclic) bond motifs is 1. The summed E-state index contributed by atoms with van der Waals surface area (Å²) in [7, 11) is 0. The number of hydrogen-bond acceptors (Lipinski definition) is 5. The summed E-state index contributed by atoms with van der Waals surface area (Å²) in [6, 6.07) is 11.8. The lowest BCUT2D eigenvalue weighted by Gasteiger charge is -2.00. The monoisotopic (exact) mass is 264 g/mol. The van der Waals surface area contributed by atoms with Gasteiger partial charge < -0.3 is 9.84 Å². The predicted molar refractivity (Wildman–Crippen MR) is 75.2 cm³/mol. The van der Waals surface area contributed by atoms with Gasteiger partial charge in [0.2, 0.25) is 5.82 Å². The van der Waals surface area contributed by atoms with Crippen LogP contribution in [0, 0.1) is 0 Å². The molecule has 0 radical (unpaired) electrons. The van der Waals surface area contributed by atoms with Crippen LogP contribution in [0.25, 0.3) is 23.0 Å². The highest BCUT2D eigenvalue weighted by atomic mass is 16.5. The van der Waals surface area contributed by atoms with Crippen molar-refractivity contribution in [3.05, 3.63) is 48.2 Å². The molecule has 1 aromatic carbocycles. The van der Waals surface area contributed by atoms with Crippen LogP contribution in [0.3, 0.4) is 0 Å². The molecule has 0 saturated carbocycles. The number of aromatic nitrogens is 3. The van der Waals surface area contributed by atoms with Crippen LogP contribution in [0.1, 0.15) is 5.56 Å². The molecule has 20 heavy (non-hydrogen) atoms. The van der Waals surface area contributed by atoms with Gasteiger partial charge in [0, 0.05) is 24.0 Å². The number of pyridine rings is 1. The molecule has 4 rings (SSSR count). The van der Waals surface area contributed by atoms with Crippen LogP contribution in [0.5, 0.6) is 0 Å². The van der Waals surface area contributed by atoms with Gasteiger partial charge in [0.05, 0.1) is 0 Å². The summed E-state index contributed by atoms with van der Waals surface area (Å²) in [4.78, 5) is 8.63. The van der Waals surface area contributed by atoms with Gasteiger partial charge in [-0.25, -0.2) is 0 Å². The molecule has 3 heterocycles. The molecule has 0 amide bonds. The van der Waals surface area contributed by atoms with Gasteiger partial charge in [-0.1, -0.05) is 11.2 Å². The van der Waals surface area contributed by atoms with E-state index in [0.29, 0.717) is 17.4 Å². The van der Waals surface area contributed by atoms with E-state index in [2.05, 4.69) is 32.6 Å². The standard InChI is InChI=1S/C15H12N4O/c1-2-7-16-13(3-1)14-18-15(20-19-14)11-4-5-12-10(9-11)6-8-17-12/h1-5,7,9,17H,6,8H2. The van der Waals surface area contributed by atoms with Crippen molar-refractivity contribution in [2.75, 3.05) is 11.9 Å². The molecule has 0 unspecified atom stereocenters. The normalized spacial score (nSPS) is 13.0. The SMILES string of the molecule is c1ccc(-c2noc(-c3ccc4c(c3)CCN4)n2)nc1. The van der Waals surface area contributed by atoms with E-state index in [-0.39, 0.29) is 0 Å². The van der Waals surface area contributed by atoms with Gasteiger partial charge in [-0.2, -0.15) is 4.98 Å². The lowest BCUT2D eigenvalue weighted by Crippen LogP contribution is -1.90. The van der Waals surface area contributed by atoms with E-state index in [1.165, 1.54) is 11.3 Å². The van der Waals surface area contributed by atoms with E-state index in [1.54, 1.807) is 6.20 Å². The number of nitrogens with one attached hydrogen (secondary N) is 1. The molecule has 1 N–H and O–H groups in total. The summed E-state index contributed by atoms with van der Waals surface area (Å²) < 4.78 is 5.34. The number of benzene rings is 1. The minimum atomic E-state index is 0.513. The van der Waals surface area contributed by atoms with Gasteiger partial charge in [-0.15, -0.1) is 0 Å². The molecule has 0 fully saturated rings. The minimum absolute atomic E-state index is 0.513. The lowest BCUT2D eigenvalue weighted by molar-refractivity contribution is 0.432. The van der Waals surface area contributed by atoms with Crippen LogP contribution in [-0.4, -0.2) is 21.7 Å². The molecule has 3 aromatic rings. The summed E-state index contributed by atoms with van der Waals surface area (Å²) in [5, 5.41) is 7.33. The Morgan fingerprint density at radius 2 is 2.15 bits per heavy atom. The highest BCUT2D eigenvalue weighted by Crippen LogP contribution is 2.28. The maximum absolute atomic E-state index is 5.34. The zero-order valence-corrected chi connectivity index (χ0v) is 10.7. The third-order valence-corrected chi connectivity index (χ3v) is 3.38. The molecule has 0 aliphatic carbocycles. The van der Waals surface area contributed by atoms with Crippen LogP contribution in [0.15, 0.2) is 47.1 Å². The molecular formula is C15H12N4O. The Bertz CT molecular complexity index is 752. The van der Waals surface area contributed by atoms with Gasteiger partial charge in [-0.05, 0) is 42.3 Å². The highest BCUT2D eigenvalue weighted by Gasteiger charge is 2.15. The molecule has 0 atom stereocenters. The van der Waals surface area contributed by atoms with E-state index in [4.69, 9.17) is 4.52 Å². The first kappa shape index (κ1) is 11.2. The topological polar surface area (TPSA) is 63.8 Å². The first-order valence-corrected chi connectivity index (χ1v) is 6.52. The van der Waals surface area contributed by atoms with Gasteiger partial charge in [0.1, 0.15) is 5.69 Å². The van der Waals surface area contributed by atoms with Gasteiger partial charge in [0.15, 0.2) is 0 Å². The van der Waals surface area contributed by atoms with Crippen molar-refractivity contribution in [2.24, 2.45) is 0 Å². The van der Waals surface area contributed by atoms with E-state index < -0.39 is 0 Å². The molecule has 5 heteroatoms. The van der Waals surface area contributed by atoms with Gasteiger partial charge in [-0.3, -0.25) is 4.98 Å². The zero-order valence-electron chi connectivity index (χ0n) is 10.7. The van der Waals surface area contributed by atoms with E-state index in [0.717, 1.165) is 18.5 Å². The number of nitrogens with zero attached hydrogens (tertiary/aromatic N) is 3. The number of anilines is 1.